The van der Waals surface area contributed by atoms with Gasteiger partial charge in [-0.05, 0) is 38.2 Å². The molecule has 1 atom stereocenters. The van der Waals surface area contributed by atoms with Crippen molar-refractivity contribution >= 4 is 34.7 Å². The summed E-state index contributed by atoms with van der Waals surface area (Å²) in [6.07, 6.45) is 1.11. The molecule has 0 amide bonds. The standard InChI is InChI=1S/C15H24N2S2/c1-5-11(4)17(6-2)12-9-8-10-13(19-7-3)14(12)15(16)18/h8-11H,5-7H2,1-4H3,(H2,16,18). The van der Waals surface area contributed by atoms with Crippen LogP contribution in [0.2, 0.25) is 0 Å². The fraction of sp³-hybridized carbons (Fsp3) is 0.533. The van der Waals surface area contributed by atoms with Crippen LogP contribution in [0.1, 0.15) is 39.7 Å². The minimum atomic E-state index is 0.486. The van der Waals surface area contributed by atoms with Crippen LogP contribution in [0.25, 0.3) is 0 Å². The summed E-state index contributed by atoms with van der Waals surface area (Å²) in [5.41, 5.74) is 8.17. The van der Waals surface area contributed by atoms with Gasteiger partial charge in [0.05, 0.1) is 0 Å². The Morgan fingerprint density at radius 3 is 2.53 bits per heavy atom. The first-order valence-corrected chi connectivity index (χ1v) is 8.28. The summed E-state index contributed by atoms with van der Waals surface area (Å²) in [5, 5.41) is 0. The van der Waals surface area contributed by atoms with Gasteiger partial charge in [-0.3, -0.25) is 0 Å². The van der Waals surface area contributed by atoms with Crippen LogP contribution in [0.5, 0.6) is 0 Å². The number of benzene rings is 1. The molecule has 0 aromatic heterocycles. The third-order valence-corrected chi connectivity index (χ3v) is 4.47. The minimum Gasteiger partial charge on any atom is -0.389 e. The molecular formula is C15H24N2S2. The molecule has 2 N–H and O–H groups in total. The van der Waals surface area contributed by atoms with Crippen LogP contribution in [0.3, 0.4) is 0 Å². The molecule has 1 aromatic carbocycles. The van der Waals surface area contributed by atoms with Crippen molar-refractivity contribution in [3.8, 4) is 0 Å². The van der Waals surface area contributed by atoms with Gasteiger partial charge < -0.3 is 10.6 Å². The van der Waals surface area contributed by atoms with Crippen molar-refractivity contribution in [3.63, 3.8) is 0 Å². The molecule has 1 rings (SSSR count). The molecule has 0 aliphatic carbocycles. The van der Waals surface area contributed by atoms with Crippen molar-refractivity contribution in [3.05, 3.63) is 23.8 Å². The van der Waals surface area contributed by atoms with Crippen LogP contribution in [0.15, 0.2) is 23.1 Å². The topological polar surface area (TPSA) is 29.3 Å². The third kappa shape index (κ3) is 3.86. The Balaban J connectivity index is 3.32. The van der Waals surface area contributed by atoms with Crippen LogP contribution < -0.4 is 10.6 Å². The molecule has 1 unspecified atom stereocenters. The van der Waals surface area contributed by atoms with E-state index < -0.39 is 0 Å². The van der Waals surface area contributed by atoms with E-state index in [2.05, 4.69) is 50.8 Å². The number of nitrogens with zero attached hydrogens (tertiary/aromatic N) is 1. The average molecular weight is 297 g/mol. The summed E-state index contributed by atoms with van der Waals surface area (Å²) in [4.78, 5) is 4.07. The van der Waals surface area contributed by atoms with E-state index >= 15 is 0 Å². The smallest absolute Gasteiger partial charge is 0.107 e. The van der Waals surface area contributed by atoms with Crippen LogP contribution in [0, 0.1) is 0 Å². The predicted octanol–water partition coefficient (Wildman–Crippen LogP) is 4.06. The quantitative estimate of drug-likeness (QED) is 0.607. The monoisotopic (exact) mass is 296 g/mol. The van der Waals surface area contributed by atoms with Crippen LogP contribution in [-0.2, 0) is 0 Å². The number of rotatable bonds is 7. The summed E-state index contributed by atoms with van der Waals surface area (Å²) in [6, 6.07) is 6.82. The molecule has 0 radical (unpaired) electrons. The number of anilines is 1. The molecule has 1 aromatic rings. The Labute approximate surface area is 126 Å². The Bertz CT molecular complexity index is 432. The molecule has 2 nitrogen and oxygen atoms in total. The molecule has 0 bridgehead atoms. The molecule has 0 aliphatic heterocycles. The van der Waals surface area contributed by atoms with Crippen molar-refractivity contribution in [1.29, 1.82) is 0 Å². The Hall–Kier alpha value is -0.740. The molecule has 0 saturated heterocycles. The summed E-state index contributed by atoms with van der Waals surface area (Å²) < 4.78 is 0. The highest BCUT2D eigenvalue weighted by atomic mass is 32.2. The number of hydrogen-bond acceptors (Lipinski definition) is 3. The second kappa shape index (κ2) is 7.75. The molecular weight excluding hydrogens is 272 g/mol. The highest BCUT2D eigenvalue weighted by Crippen LogP contribution is 2.32. The molecule has 0 saturated carbocycles. The lowest BCUT2D eigenvalue weighted by molar-refractivity contribution is 0.629. The minimum absolute atomic E-state index is 0.486. The van der Waals surface area contributed by atoms with Crippen LogP contribution in [0.4, 0.5) is 5.69 Å². The maximum atomic E-state index is 5.97. The zero-order valence-electron chi connectivity index (χ0n) is 12.3. The first-order chi connectivity index (χ1) is 9.06. The van der Waals surface area contributed by atoms with Gasteiger partial charge in [-0.1, -0.05) is 32.1 Å². The van der Waals surface area contributed by atoms with Gasteiger partial charge in [0, 0.05) is 28.7 Å². The average Bonchev–Trinajstić information content (AvgIpc) is 2.39. The summed E-state index contributed by atoms with van der Waals surface area (Å²) in [5.74, 6) is 1.02. The molecule has 0 spiro atoms. The van der Waals surface area contributed by atoms with Gasteiger partial charge in [0.1, 0.15) is 4.99 Å². The van der Waals surface area contributed by atoms with E-state index in [4.69, 9.17) is 18.0 Å². The van der Waals surface area contributed by atoms with Gasteiger partial charge in [-0.25, -0.2) is 0 Å². The van der Waals surface area contributed by atoms with E-state index in [9.17, 15) is 0 Å². The van der Waals surface area contributed by atoms with E-state index in [0.717, 1.165) is 24.3 Å². The Kier molecular flexibility index (Phi) is 6.66. The highest BCUT2D eigenvalue weighted by Gasteiger charge is 2.18. The summed E-state index contributed by atoms with van der Waals surface area (Å²) in [7, 11) is 0. The van der Waals surface area contributed by atoms with Gasteiger partial charge in [0.25, 0.3) is 0 Å². The zero-order chi connectivity index (χ0) is 14.4. The van der Waals surface area contributed by atoms with E-state index in [1.807, 2.05) is 0 Å². The second-order valence-electron chi connectivity index (χ2n) is 4.49. The Morgan fingerprint density at radius 2 is 2.05 bits per heavy atom. The maximum absolute atomic E-state index is 5.97. The second-order valence-corrected chi connectivity index (χ2v) is 6.24. The summed E-state index contributed by atoms with van der Waals surface area (Å²) in [6.45, 7) is 9.73. The number of thiocarbonyl (C=S) groups is 1. The first-order valence-electron chi connectivity index (χ1n) is 6.88. The van der Waals surface area contributed by atoms with E-state index in [1.54, 1.807) is 11.8 Å². The van der Waals surface area contributed by atoms with Gasteiger partial charge in [0.15, 0.2) is 0 Å². The SMILES string of the molecule is CCSc1cccc(N(CC)C(C)CC)c1C(N)=S. The fourth-order valence-electron chi connectivity index (χ4n) is 2.22. The predicted molar refractivity (Wildman–Crippen MR) is 91.5 cm³/mol. The van der Waals surface area contributed by atoms with E-state index in [0.29, 0.717) is 11.0 Å². The van der Waals surface area contributed by atoms with Crippen molar-refractivity contribution in [2.45, 2.75) is 45.1 Å². The van der Waals surface area contributed by atoms with Gasteiger partial charge in [0.2, 0.25) is 0 Å². The van der Waals surface area contributed by atoms with Crippen molar-refractivity contribution in [2.75, 3.05) is 17.2 Å². The van der Waals surface area contributed by atoms with E-state index in [1.165, 1.54) is 10.6 Å². The number of thioether (sulfide) groups is 1. The lowest BCUT2D eigenvalue weighted by Crippen LogP contribution is -2.34. The molecule has 4 heteroatoms. The van der Waals surface area contributed by atoms with Crippen molar-refractivity contribution < 1.29 is 0 Å². The van der Waals surface area contributed by atoms with Crippen LogP contribution in [-0.4, -0.2) is 23.3 Å². The van der Waals surface area contributed by atoms with Gasteiger partial charge in [-0.15, -0.1) is 11.8 Å². The summed E-state index contributed by atoms with van der Waals surface area (Å²) >= 11 is 7.08. The maximum Gasteiger partial charge on any atom is 0.107 e. The molecule has 106 valence electrons. The molecule has 0 heterocycles. The fourth-order valence-corrected chi connectivity index (χ4v) is 3.35. The third-order valence-electron chi connectivity index (χ3n) is 3.32. The lowest BCUT2D eigenvalue weighted by Gasteiger charge is -2.32. The van der Waals surface area contributed by atoms with Crippen molar-refractivity contribution in [2.24, 2.45) is 5.73 Å². The van der Waals surface area contributed by atoms with Crippen LogP contribution >= 0.6 is 24.0 Å². The number of nitrogens with two attached hydrogens (primary N) is 1. The number of hydrogen-bond donors (Lipinski definition) is 1. The zero-order valence-corrected chi connectivity index (χ0v) is 13.9. The van der Waals surface area contributed by atoms with Gasteiger partial charge >= 0.3 is 0 Å². The largest absolute Gasteiger partial charge is 0.389 e. The normalized spacial score (nSPS) is 12.2. The van der Waals surface area contributed by atoms with Gasteiger partial charge in [-0.2, -0.15) is 0 Å². The first kappa shape index (κ1) is 16.3. The molecule has 0 fully saturated rings. The lowest BCUT2D eigenvalue weighted by atomic mass is 10.1. The molecule has 19 heavy (non-hydrogen) atoms. The van der Waals surface area contributed by atoms with E-state index in [-0.39, 0.29) is 0 Å². The van der Waals surface area contributed by atoms with Crippen molar-refractivity contribution in [1.82, 2.24) is 0 Å². The molecule has 0 aliphatic rings. The highest BCUT2D eigenvalue weighted by molar-refractivity contribution is 7.99. The Morgan fingerprint density at radius 1 is 1.37 bits per heavy atom.